The smallest absolute Gasteiger partial charge is 0.332 e. The average Bonchev–Trinajstić information content (AvgIpc) is 3.24. The summed E-state index contributed by atoms with van der Waals surface area (Å²) in [6, 6.07) is 1.55. The van der Waals surface area contributed by atoms with Crippen LogP contribution in [0.5, 0.6) is 0 Å². The highest BCUT2D eigenvalue weighted by atomic mass is 16.5. The van der Waals surface area contributed by atoms with Crippen LogP contribution >= 0.6 is 0 Å². The van der Waals surface area contributed by atoms with Gasteiger partial charge in [-0.25, -0.2) is 4.79 Å². The first-order valence-electron chi connectivity index (χ1n) is 7.15. The van der Waals surface area contributed by atoms with E-state index >= 15 is 0 Å². The minimum absolute atomic E-state index is 0.119. The van der Waals surface area contributed by atoms with Gasteiger partial charge in [0.05, 0.1) is 12.2 Å². The van der Waals surface area contributed by atoms with Crippen LogP contribution in [0.2, 0.25) is 0 Å². The molecule has 0 unspecified atom stereocenters. The van der Waals surface area contributed by atoms with E-state index in [1.54, 1.807) is 17.7 Å². The zero-order valence-corrected chi connectivity index (χ0v) is 12.2. The molecule has 1 saturated heterocycles. The van der Waals surface area contributed by atoms with Gasteiger partial charge in [0.15, 0.2) is 0 Å². The van der Waals surface area contributed by atoms with Crippen molar-refractivity contribution < 1.29 is 4.74 Å². The third-order valence-electron chi connectivity index (χ3n) is 4.26. The fourth-order valence-electron chi connectivity index (χ4n) is 2.93. The van der Waals surface area contributed by atoms with Gasteiger partial charge in [0.25, 0.3) is 5.56 Å². The van der Waals surface area contributed by atoms with Crippen LogP contribution in [0.25, 0.3) is 0 Å². The van der Waals surface area contributed by atoms with Crippen molar-refractivity contribution >= 4 is 5.82 Å². The Morgan fingerprint density at radius 3 is 2.50 bits per heavy atom. The summed E-state index contributed by atoms with van der Waals surface area (Å²) in [6.45, 7) is 3.51. The summed E-state index contributed by atoms with van der Waals surface area (Å²) in [5.74, 6) is 1.34. The van der Waals surface area contributed by atoms with Gasteiger partial charge in [0.2, 0.25) is 0 Å². The lowest BCUT2D eigenvalue weighted by molar-refractivity contribution is -0.0275. The van der Waals surface area contributed by atoms with E-state index in [1.807, 2.05) is 6.92 Å². The largest absolute Gasteiger partial charge is 0.371 e. The van der Waals surface area contributed by atoms with Gasteiger partial charge < -0.3 is 9.64 Å². The molecular formula is C14H21N3O3. The van der Waals surface area contributed by atoms with Gasteiger partial charge >= 0.3 is 5.69 Å². The molecule has 0 amide bonds. The Hall–Kier alpha value is -1.56. The van der Waals surface area contributed by atoms with Crippen LogP contribution < -0.4 is 16.1 Å². The molecule has 3 rings (SSSR count). The monoisotopic (exact) mass is 279 g/mol. The molecule has 2 aliphatic rings. The third kappa shape index (κ3) is 2.28. The number of aromatic nitrogens is 2. The van der Waals surface area contributed by atoms with Crippen LogP contribution in [0.1, 0.15) is 19.8 Å². The first-order chi connectivity index (χ1) is 9.47. The summed E-state index contributed by atoms with van der Waals surface area (Å²) in [6.07, 6.45) is 2.79. The number of morpholine rings is 1. The Morgan fingerprint density at radius 1 is 1.15 bits per heavy atom. The second kappa shape index (κ2) is 4.77. The number of anilines is 1. The van der Waals surface area contributed by atoms with Gasteiger partial charge in [0.1, 0.15) is 5.82 Å². The van der Waals surface area contributed by atoms with Crippen LogP contribution in [0, 0.1) is 5.92 Å². The minimum atomic E-state index is -0.283. The lowest BCUT2D eigenvalue weighted by Gasteiger charge is -2.38. The Kier molecular flexibility index (Phi) is 3.20. The van der Waals surface area contributed by atoms with Gasteiger partial charge in [-0.3, -0.25) is 13.9 Å². The lowest BCUT2D eigenvalue weighted by Crippen LogP contribution is -2.50. The number of nitrogens with zero attached hydrogens (tertiary/aromatic N) is 3. The van der Waals surface area contributed by atoms with Crippen molar-refractivity contribution in [2.75, 3.05) is 18.0 Å². The number of ether oxygens (including phenoxy) is 1. The molecule has 0 aromatic carbocycles. The molecule has 1 aliphatic carbocycles. The molecule has 20 heavy (non-hydrogen) atoms. The summed E-state index contributed by atoms with van der Waals surface area (Å²) in [5.41, 5.74) is -0.542. The molecule has 1 saturated carbocycles. The molecule has 1 aromatic rings. The fraction of sp³-hybridized carbons (Fsp3) is 0.714. The molecule has 0 spiro atoms. The second-order valence-electron chi connectivity index (χ2n) is 5.97. The topological polar surface area (TPSA) is 56.5 Å². The first kappa shape index (κ1) is 13.4. The zero-order valence-electron chi connectivity index (χ0n) is 12.2. The summed E-state index contributed by atoms with van der Waals surface area (Å²) in [5, 5.41) is 0. The maximum Gasteiger partial charge on any atom is 0.332 e. The van der Waals surface area contributed by atoms with Crippen LogP contribution in [-0.2, 0) is 18.8 Å². The molecule has 2 atom stereocenters. The van der Waals surface area contributed by atoms with Crippen molar-refractivity contribution in [3.05, 3.63) is 26.9 Å². The molecule has 1 aliphatic heterocycles. The molecular weight excluding hydrogens is 258 g/mol. The Labute approximate surface area is 117 Å². The van der Waals surface area contributed by atoms with Gasteiger partial charge in [0, 0.05) is 33.3 Å². The Bertz CT molecular complexity index is 630. The third-order valence-corrected chi connectivity index (χ3v) is 4.26. The SMILES string of the molecule is C[C@H]1CN(c2cc(=O)n(C)c(=O)n2C)C[C@@H](C2CC2)O1. The highest BCUT2D eigenvalue weighted by Gasteiger charge is 2.37. The molecule has 0 bridgehead atoms. The van der Waals surface area contributed by atoms with Crippen molar-refractivity contribution in [1.82, 2.24) is 9.13 Å². The molecule has 0 N–H and O–H groups in total. The van der Waals surface area contributed by atoms with Gasteiger partial charge in [-0.05, 0) is 25.7 Å². The van der Waals surface area contributed by atoms with Crippen molar-refractivity contribution in [2.24, 2.45) is 20.0 Å². The molecule has 0 radical (unpaired) electrons. The van der Waals surface area contributed by atoms with E-state index in [4.69, 9.17) is 4.74 Å². The van der Waals surface area contributed by atoms with Crippen LogP contribution in [0.3, 0.4) is 0 Å². The minimum Gasteiger partial charge on any atom is -0.371 e. The summed E-state index contributed by atoms with van der Waals surface area (Å²) in [7, 11) is 3.22. The number of rotatable bonds is 2. The van der Waals surface area contributed by atoms with E-state index in [-0.39, 0.29) is 23.5 Å². The molecule has 6 nitrogen and oxygen atoms in total. The van der Waals surface area contributed by atoms with Gasteiger partial charge in [-0.1, -0.05) is 0 Å². The van der Waals surface area contributed by atoms with Gasteiger partial charge in [-0.2, -0.15) is 0 Å². The van der Waals surface area contributed by atoms with E-state index in [1.165, 1.54) is 19.9 Å². The van der Waals surface area contributed by atoms with E-state index in [2.05, 4.69) is 4.90 Å². The standard InChI is InChI=1S/C14H21N3O3/c1-9-7-17(8-11(20-9)10-4-5-10)12-6-13(18)16(3)14(19)15(12)2/h6,9-11H,4-5,7-8H2,1-3H3/t9-,11-/m0/s1. The maximum absolute atomic E-state index is 12.0. The Balaban J connectivity index is 1.95. The fourth-order valence-corrected chi connectivity index (χ4v) is 2.93. The predicted molar refractivity (Wildman–Crippen MR) is 76.2 cm³/mol. The highest BCUT2D eigenvalue weighted by Crippen LogP contribution is 2.37. The summed E-state index contributed by atoms with van der Waals surface area (Å²) >= 11 is 0. The highest BCUT2D eigenvalue weighted by molar-refractivity contribution is 5.39. The van der Waals surface area contributed by atoms with Crippen molar-refractivity contribution in [1.29, 1.82) is 0 Å². The molecule has 2 fully saturated rings. The first-order valence-corrected chi connectivity index (χ1v) is 7.15. The van der Waals surface area contributed by atoms with Gasteiger partial charge in [-0.15, -0.1) is 0 Å². The van der Waals surface area contributed by atoms with E-state index in [9.17, 15) is 9.59 Å². The summed E-state index contributed by atoms with van der Waals surface area (Å²) in [4.78, 5) is 26.0. The normalized spacial score (nSPS) is 26.9. The van der Waals surface area contributed by atoms with E-state index in [0.717, 1.165) is 11.1 Å². The zero-order chi connectivity index (χ0) is 14.4. The van der Waals surface area contributed by atoms with E-state index in [0.29, 0.717) is 18.3 Å². The van der Waals surface area contributed by atoms with Crippen molar-refractivity contribution in [2.45, 2.75) is 32.0 Å². The molecule has 1 aromatic heterocycles. The van der Waals surface area contributed by atoms with Crippen LogP contribution in [-0.4, -0.2) is 34.4 Å². The number of hydrogen-bond acceptors (Lipinski definition) is 4. The average molecular weight is 279 g/mol. The second-order valence-corrected chi connectivity index (χ2v) is 5.97. The maximum atomic E-state index is 12.0. The molecule has 110 valence electrons. The van der Waals surface area contributed by atoms with E-state index < -0.39 is 0 Å². The van der Waals surface area contributed by atoms with Crippen molar-refractivity contribution in [3.8, 4) is 0 Å². The number of hydrogen-bond donors (Lipinski definition) is 0. The van der Waals surface area contributed by atoms with Crippen LogP contribution in [0.4, 0.5) is 5.82 Å². The predicted octanol–water partition coefficient (Wildman–Crippen LogP) is 0.0877. The quantitative estimate of drug-likeness (QED) is 0.770. The summed E-state index contributed by atoms with van der Waals surface area (Å²) < 4.78 is 8.65. The molecule has 2 heterocycles. The Morgan fingerprint density at radius 2 is 1.85 bits per heavy atom. The van der Waals surface area contributed by atoms with Crippen LogP contribution in [0.15, 0.2) is 15.7 Å². The lowest BCUT2D eigenvalue weighted by atomic mass is 10.1. The van der Waals surface area contributed by atoms with Crippen molar-refractivity contribution in [3.63, 3.8) is 0 Å². The molecule has 6 heteroatoms.